The van der Waals surface area contributed by atoms with Gasteiger partial charge in [0.1, 0.15) is 10.6 Å². The summed E-state index contributed by atoms with van der Waals surface area (Å²) in [5.41, 5.74) is 2.49. The zero-order valence-electron chi connectivity index (χ0n) is 9.96. The lowest BCUT2D eigenvalue weighted by Crippen LogP contribution is -2.13. The van der Waals surface area contributed by atoms with Crippen LogP contribution in [0.4, 0.5) is 11.8 Å². The topological polar surface area (TPSA) is 88.8 Å². The largest absolute Gasteiger partial charge is 0.369 e. The van der Waals surface area contributed by atoms with Gasteiger partial charge in [-0.1, -0.05) is 0 Å². The minimum atomic E-state index is 0.423. The van der Waals surface area contributed by atoms with Crippen LogP contribution < -0.4 is 16.6 Å². The summed E-state index contributed by atoms with van der Waals surface area (Å²) in [6.45, 7) is 0.777. The SMILES string of the molecule is NNc1nc(NCCc2nccs2)c2ccsc2n1. The number of nitrogen functional groups attached to an aromatic ring is 1. The molecular formula is C11H12N6S2. The fraction of sp³-hybridized carbons (Fsp3) is 0.182. The van der Waals surface area contributed by atoms with Gasteiger partial charge in [-0.15, -0.1) is 22.7 Å². The van der Waals surface area contributed by atoms with E-state index in [1.165, 1.54) is 0 Å². The van der Waals surface area contributed by atoms with Crippen molar-refractivity contribution < 1.29 is 0 Å². The number of thiophene rings is 1. The molecule has 0 spiro atoms. The zero-order valence-corrected chi connectivity index (χ0v) is 11.6. The summed E-state index contributed by atoms with van der Waals surface area (Å²) in [5.74, 6) is 6.60. The van der Waals surface area contributed by atoms with Crippen LogP contribution in [0.25, 0.3) is 10.2 Å². The Kier molecular flexibility index (Phi) is 3.53. The molecule has 0 fully saturated rings. The monoisotopic (exact) mass is 292 g/mol. The molecule has 3 aromatic heterocycles. The number of nitrogens with two attached hydrogens (primary N) is 1. The molecular weight excluding hydrogens is 280 g/mol. The third kappa shape index (κ3) is 2.65. The first-order valence-electron chi connectivity index (χ1n) is 5.71. The van der Waals surface area contributed by atoms with Crippen molar-refractivity contribution in [3.63, 3.8) is 0 Å². The van der Waals surface area contributed by atoms with E-state index in [2.05, 4.69) is 25.7 Å². The highest BCUT2D eigenvalue weighted by atomic mass is 32.1. The second-order valence-electron chi connectivity index (χ2n) is 3.78. The van der Waals surface area contributed by atoms with Gasteiger partial charge in [0.2, 0.25) is 5.95 Å². The number of thiazole rings is 1. The molecule has 0 unspecified atom stereocenters. The van der Waals surface area contributed by atoms with Crippen molar-refractivity contribution in [2.45, 2.75) is 6.42 Å². The van der Waals surface area contributed by atoms with Crippen molar-refractivity contribution in [1.82, 2.24) is 15.0 Å². The molecule has 3 rings (SSSR count). The molecule has 0 bridgehead atoms. The summed E-state index contributed by atoms with van der Waals surface area (Å²) in [7, 11) is 0. The van der Waals surface area contributed by atoms with Crippen LogP contribution in [-0.4, -0.2) is 21.5 Å². The summed E-state index contributed by atoms with van der Waals surface area (Å²) in [5, 5.41) is 9.41. The third-order valence-electron chi connectivity index (χ3n) is 2.57. The Balaban J connectivity index is 1.77. The molecule has 4 N–H and O–H groups in total. The van der Waals surface area contributed by atoms with Crippen molar-refractivity contribution in [2.75, 3.05) is 17.3 Å². The molecule has 8 heteroatoms. The van der Waals surface area contributed by atoms with Gasteiger partial charge in [-0.2, -0.15) is 4.98 Å². The first kappa shape index (κ1) is 12.3. The van der Waals surface area contributed by atoms with Gasteiger partial charge in [0.15, 0.2) is 0 Å². The summed E-state index contributed by atoms with van der Waals surface area (Å²) < 4.78 is 0. The van der Waals surface area contributed by atoms with Gasteiger partial charge >= 0.3 is 0 Å². The maximum absolute atomic E-state index is 5.38. The number of anilines is 2. The fourth-order valence-corrected chi connectivity index (χ4v) is 3.10. The van der Waals surface area contributed by atoms with Crippen molar-refractivity contribution in [2.24, 2.45) is 5.84 Å². The predicted molar refractivity (Wildman–Crippen MR) is 79.5 cm³/mol. The summed E-state index contributed by atoms with van der Waals surface area (Å²) in [4.78, 5) is 13.8. The molecule has 0 aliphatic heterocycles. The number of hydrogen-bond donors (Lipinski definition) is 3. The lowest BCUT2D eigenvalue weighted by atomic mass is 10.3. The van der Waals surface area contributed by atoms with Crippen molar-refractivity contribution in [3.05, 3.63) is 28.0 Å². The zero-order chi connectivity index (χ0) is 13.1. The predicted octanol–water partition coefficient (Wildman–Crippen LogP) is 2.09. The van der Waals surface area contributed by atoms with Gasteiger partial charge in [0, 0.05) is 24.5 Å². The second-order valence-corrected chi connectivity index (χ2v) is 5.66. The van der Waals surface area contributed by atoms with E-state index >= 15 is 0 Å². The molecule has 0 atom stereocenters. The van der Waals surface area contributed by atoms with Crippen molar-refractivity contribution in [3.8, 4) is 0 Å². The third-order valence-corrected chi connectivity index (χ3v) is 4.21. The van der Waals surface area contributed by atoms with Gasteiger partial charge in [-0.05, 0) is 11.4 Å². The maximum Gasteiger partial charge on any atom is 0.240 e. The van der Waals surface area contributed by atoms with E-state index in [1.807, 2.05) is 23.0 Å². The summed E-state index contributed by atoms with van der Waals surface area (Å²) >= 11 is 3.22. The van der Waals surface area contributed by atoms with Gasteiger partial charge in [-0.3, -0.25) is 5.43 Å². The van der Waals surface area contributed by atoms with E-state index < -0.39 is 0 Å². The van der Waals surface area contributed by atoms with Gasteiger partial charge in [0.25, 0.3) is 0 Å². The number of aromatic nitrogens is 3. The number of nitrogens with one attached hydrogen (secondary N) is 2. The van der Waals surface area contributed by atoms with Crippen LogP contribution in [0.2, 0.25) is 0 Å². The Morgan fingerprint density at radius 3 is 2.95 bits per heavy atom. The maximum atomic E-state index is 5.38. The number of fused-ring (bicyclic) bond motifs is 1. The molecule has 98 valence electrons. The fourth-order valence-electron chi connectivity index (χ4n) is 1.72. The van der Waals surface area contributed by atoms with E-state index in [9.17, 15) is 0 Å². The van der Waals surface area contributed by atoms with Crippen LogP contribution in [0.5, 0.6) is 0 Å². The van der Waals surface area contributed by atoms with E-state index in [0.29, 0.717) is 5.95 Å². The van der Waals surface area contributed by atoms with Crippen LogP contribution in [-0.2, 0) is 6.42 Å². The van der Waals surface area contributed by atoms with Crippen molar-refractivity contribution in [1.29, 1.82) is 0 Å². The first-order chi connectivity index (χ1) is 9.36. The van der Waals surface area contributed by atoms with E-state index in [1.54, 1.807) is 22.7 Å². The summed E-state index contributed by atoms with van der Waals surface area (Å²) in [6, 6.07) is 2.01. The Bertz CT molecular complexity index is 663. The molecule has 0 amide bonds. The standard InChI is InChI=1S/C11H12N6S2/c12-17-11-15-9(7-2-5-19-10(7)16-11)14-3-1-8-13-4-6-18-8/h2,4-6H,1,3,12H2,(H2,14,15,16,17). The molecule has 3 aromatic rings. The van der Waals surface area contributed by atoms with Gasteiger partial charge in [-0.25, -0.2) is 15.8 Å². The quantitative estimate of drug-likeness (QED) is 0.493. The Hall–Kier alpha value is -1.77. The van der Waals surface area contributed by atoms with E-state index in [0.717, 1.165) is 34.0 Å². The van der Waals surface area contributed by atoms with Crippen LogP contribution in [0.3, 0.4) is 0 Å². The normalized spacial score (nSPS) is 10.8. The smallest absolute Gasteiger partial charge is 0.240 e. The minimum absolute atomic E-state index is 0.423. The molecule has 0 aromatic carbocycles. The van der Waals surface area contributed by atoms with Crippen LogP contribution >= 0.6 is 22.7 Å². The Labute approximate surface area is 117 Å². The molecule has 6 nitrogen and oxygen atoms in total. The lowest BCUT2D eigenvalue weighted by Gasteiger charge is -2.07. The second kappa shape index (κ2) is 5.47. The lowest BCUT2D eigenvalue weighted by molar-refractivity contribution is 0.987. The van der Waals surface area contributed by atoms with E-state index in [4.69, 9.17) is 5.84 Å². The van der Waals surface area contributed by atoms with E-state index in [-0.39, 0.29) is 0 Å². The summed E-state index contributed by atoms with van der Waals surface area (Å²) in [6.07, 6.45) is 2.69. The molecule has 0 radical (unpaired) electrons. The molecule has 0 aliphatic rings. The van der Waals surface area contributed by atoms with Crippen LogP contribution in [0, 0.1) is 0 Å². The Morgan fingerprint density at radius 1 is 1.21 bits per heavy atom. The van der Waals surface area contributed by atoms with Crippen LogP contribution in [0.15, 0.2) is 23.0 Å². The van der Waals surface area contributed by atoms with Crippen LogP contribution in [0.1, 0.15) is 5.01 Å². The number of hydrazine groups is 1. The molecule has 0 saturated carbocycles. The minimum Gasteiger partial charge on any atom is -0.369 e. The average molecular weight is 292 g/mol. The Morgan fingerprint density at radius 2 is 2.16 bits per heavy atom. The number of hydrogen-bond acceptors (Lipinski definition) is 8. The van der Waals surface area contributed by atoms with Crippen molar-refractivity contribution >= 4 is 44.7 Å². The molecule has 0 aliphatic carbocycles. The highest BCUT2D eigenvalue weighted by Gasteiger charge is 2.08. The highest BCUT2D eigenvalue weighted by Crippen LogP contribution is 2.26. The molecule has 3 heterocycles. The van der Waals surface area contributed by atoms with Gasteiger partial charge in [0.05, 0.1) is 10.4 Å². The highest BCUT2D eigenvalue weighted by molar-refractivity contribution is 7.16. The average Bonchev–Trinajstić information content (AvgIpc) is 3.08. The van der Waals surface area contributed by atoms with Gasteiger partial charge < -0.3 is 5.32 Å². The first-order valence-corrected chi connectivity index (χ1v) is 7.47. The molecule has 19 heavy (non-hydrogen) atoms. The number of nitrogens with zero attached hydrogens (tertiary/aromatic N) is 3. The number of rotatable bonds is 5. The molecule has 0 saturated heterocycles.